The van der Waals surface area contributed by atoms with E-state index in [4.69, 9.17) is 4.98 Å². The monoisotopic (exact) mass is 774 g/mol. The fraction of sp³-hybridized carbons (Fsp3) is 0.0556. The Kier molecular flexibility index (Phi) is 8.03. The van der Waals surface area contributed by atoms with Crippen molar-refractivity contribution in [3.63, 3.8) is 0 Å². The number of para-hydroxylation sites is 2. The van der Waals surface area contributed by atoms with Gasteiger partial charge in [0.2, 0.25) is 5.78 Å². The largest absolute Gasteiger partial charge is 0.310 e. The number of hydrogen-bond acceptors (Lipinski definition) is 4. The molecule has 0 aliphatic heterocycles. The van der Waals surface area contributed by atoms with Crippen molar-refractivity contribution in [1.29, 1.82) is 0 Å². The van der Waals surface area contributed by atoms with Crippen LogP contribution < -0.4 is 16.0 Å². The minimum Gasteiger partial charge on any atom is -0.310 e. The molecule has 60 heavy (non-hydrogen) atoms. The lowest BCUT2D eigenvalue weighted by molar-refractivity contribution is 0.660. The molecule has 11 rings (SSSR count). The third-order valence-electron chi connectivity index (χ3n) is 12.2. The second-order valence-electron chi connectivity index (χ2n) is 16.0. The smallest absolute Gasteiger partial charge is 0.267 e. The van der Waals surface area contributed by atoms with Crippen molar-refractivity contribution < 1.29 is 0 Å². The Morgan fingerprint density at radius 1 is 0.467 bits per heavy atom. The third-order valence-corrected chi connectivity index (χ3v) is 12.2. The molecule has 1 aliphatic carbocycles. The summed E-state index contributed by atoms with van der Waals surface area (Å²) in [5.74, 6) is 0.268. The van der Waals surface area contributed by atoms with Crippen molar-refractivity contribution in [2.45, 2.75) is 19.3 Å². The highest BCUT2D eigenvalue weighted by molar-refractivity contribution is 5.88. The van der Waals surface area contributed by atoms with Crippen LogP contribution >= 0.6 is 0 Å². The van der Waals surface area contributed by atoms with Gasteiger partial charge in [-0.3, -0.25) is 9.59 Å². The molecule has 10 aromatic rings. The van der Waals surface area contributed by atoms with Crippen LogP contribution in [0.2, 0.25) is 0 Å². The molecule has 2 heterocycles. The van der Waals surface area contributed by atoms with E-state index in [1.54, 1.807) is 27.2 Å². The molecular formula is C54H38N4O2. The SMILES string of the molecule is CC1(C)c2ccccc2-c2ccc(N(c3ccc(-c4ccccc4)cc3)c3ccc(-c4cccc(-n5c(=O)c6ccccc6n6c(=O)c7ccccc7nc56)c4)cc3)cc21. The maximum Gasteiger partial charge on any atom is 0.267 e. The van der Waals surface area contributed by atoms with E-state index in [1.165, 1.54) is 27.8 Å². The number of fused-ring (bicyclic) bond motifs is 7. The molecule has 0 radical (unpaired) electrons. The summed E-state index contributed by atoms with van der Waals surface area (Å²) in [4.78, 5) is 35.5. The minimum absolute atomic E-state index is 0.144. The van der Waals surface area contributed by atoms with Gasteiger partial charge in [0.15, 0.2) is 0 Å². The zero-order chi connectivity index (χ0) is 40.5. The molecule has 286 valence electrons. The van der Waals surface area contributed by atoms with Crippen molar-refractivity contribution in [1.82, 2.24) is 14.0 Å². The van der Waals surface area contributed by atoms with Crippen molar-refractivity contribution in [2.24, 2.45) is 0 Å². The second kappa shape index (κ2) is 13.6. The van der Waals surface area contributed by atoms with Gasteiger partial charge in [-0.15, -0.1) is 0 Å². The average Bonchev–Trinajstić information content (AvgIpc) is 3.52. The first kappa shape index (κ1) is 35.3. The molecule has 0 bridgehead atoms. The second-order valence-corrected chi connectivity index (χ2v) is 16.0. The van der Waals surface area contributed by atoms with Crippen LogP contribution in [0, 0.1) is 0 Å². The molecule has 0 unspecified atom stereocenters. The molecule has 6 heteroatoms. The van der Waals surface area contributed by atoms with E-state index in [0.717, 1.165) is 33.8 Å². The van der Waals surface area contributed by atoms with Crippen molar-refractivity contribution in [3.8, 4) is 39.1 Å². The van der Waals surface area contributed by atoms with Gasteiger partial charge in [0.05, 0.1) is 27.5 Å². The molecule has 0 fully saturated rings. The maximum atomic E-state index is 14.3. The van der Waals surface area contributed by atoms with Gasteiger partial charge in [-0.05, 0) is 117 Å². The van der Waals surface area contributed by atoms with E-state index in [0.29, 0.717) is 27.5 Å². The first-order chi connectivity index (χ1) is 29.3. The number of rotatable bonds is 6. The summed E-state index contributed by atoms with van der Waals surface area (Å²) in [7, 11) is 0. The lowest BCUT2D eigenvalue weighted by atomic mass is 9.82. The van der Waals surface area contributed by atoms with Gasteiger partial charge in [-0.25, -0.2) is 14.0 Å². The Morgan fingerprint density at radius 2 is 1.05 bits per heavy atom. The minimum atomic E-state index is -0.241. The van der Waals surface area contributed by atoms with Gasteiger partial charge < -0.3 is 4.90 Å². The Morgan fingerprint density at radius 3 is 1.82 bits per heavy atom. The molecule has 6 nitrogen and oxygen atoms in total. The summed E-state index contributed by atoms with van der Waals surface area (Å²) in [6.45, 7) is 4.63. The molecule has 0 spiro atoms. The summed E-state index contributed by atoms with van der Waals surface area (Å²) in [6.07, 6.45) is 0. The van der Waals surface area contributed by atoms with Gasteiger partial charge in [0.25, 0.3) is 11.1 Å². The predicted octanol–water partition coefficient (Wildman–Crippen LogP) is 12.3. The van der Waals surface area contributed by atoms with E-state index in [2.05, 4.69) is 134 Å². The van der Waals surface area contributed by atoms with Crippen LogP contribution in [0.15, 0.2) is 204 Å². The number of aromatic nitrogens is 3. The van der Waals surface area contributed by atoms with Gasteiger partial charge in [0.1, 0.15) is 0 Å². The van der Waals surface area contributed by atoms with Gasteiger partial charge in [-0.2, -0.15) is 0 Å². The van der Waals surface area contributed by atoms with Crippen LogP contribution in [-0.4, -0.2) is 14.0 Å². The zero-order valence-corrected chi connectivity index (χ0v) is 33.1. The zero-order valence-electron chi connectivity index (χ0n) is 33.1. The highest BCUT2D eigenvalue weighted by Gasteiger charge is 2.35. The third kappa shape index (κ3) is 5.52. The van der Waals surface area contributed by atoms with Crippen molar-refractivity contribution in [2.75, 3.05) is 4.90 Å². The number of hydrogen-bond donors (Lipinski definition) is 0. The summed E-state index contributed by atoms with van der Waals surface area (Å²) < 4.78 is 3.11. The Hall–Kier alpha value is -7.83. The Bertz CT molecular complexity index is 3440. The molecule has 0 amide bonds. The van der Waals surface area contributed by atoms with E-state index >= 15 is 0 Å². The quantitative estimate of drug-likeness (QED) is 0.125. The lowest BCUT2D eigenvalue weighted by Crippen LogP contribution is -2.28. The van der Waals surface area contributed by atoms with Crippen LogP contribution in [0.25, 0.3) is 66.7 Å². The van der Waals surface area contributed by atoms with Gasteiger partial charge in [0, 0.05) is 22.5 Å². The molecule has 0 saturated heterocycles. The average molecular weight is 775 g/mol. The molecule has 0 N–H and O–H groups in total. The summed E-state index contributed by atoms with van der Waals surface area (Å²) in [6, 6.07) is 65.7. The standard InChI is InChI=1S/C54H38N4O2/c1-54(2)47-20-9-6-17-43(47)44-32-31-42(34-48(44)54)56(39-27-23-36(24-28-39)35-13-4-3-5-14-35)40-29-25-37(26-30-40)38-15-12-16-41(33-38)57-52(60)46-19-8-11-22-50(46)58-51(59)45-18-7-10-21-49(45)55-53(57)58/h3-34H,1-2H3. The van der Waals surface area contributed by atoms with Crippen molar-refractivity contribution >= 4 is 44.6 Å². The number of benzene rings is 8. The highest BCUT2D eigenvalue weighted by atomic mass is 16.1. The first-order valence-corrected chi connectivity index (χ1v) is 20.2. The van der Waals surface area contributed by atoms with Crippen LogP contribution in [0.1, 0.15) is 25.0 Å². The predicted molar refractivity (Wildman–Crippen MR) is 245 cm³/mol. The van der Waals surface area contributed by atoms with Crippen molar-refractivity contribution in [3.05, 3.63) is 226 Å². The number of anilines is 3. The highest BCUT2D eigenvalue weighted by Crippen LogP contribution is 2.50. The topological polar surface area (TPSA) is 59.6 Å². The van der Waals surface area contributed by atoms with Gasteiger partial charge in [-0.1, -0.05) is 135 Å². The molecule has 0 saturated carbocycles. The Labute approximate surface area is 346 Å². The maximum absolute atomic E-state index is 14.3. The molecule has 8 aromatic carbocycles. The summed E-state index contributed by atoms with van der Waals surface area (Å²) >= 11 is 0. The molecule has 2 aromatic heterocycles. The van der Waals surface area contributed by atoms with E-state index in [-0.39, 0.29) is 22.3 Å². The summed E-state index contributed by atoms with van der Waals surface area (Å²) in [5.41, 5.74) is 13.7. The molecule has 1 aliphatic rings. The van der Waals surface area contributed by atoms with Crippen LogP contribution in [0.4, 0.5) is 17.1 Å². The molecular weight excluding hydrogens is 737 g/mol. The first-order valence-electron chi connectivity index (χ1n) is 20.2. The van der Waals surface area contributed by atoms with E-state index in [9.17, 15) is 9.59 Å². The fourth-order valence-corrected chi connectivity index (χ4v) is 9.12. The van der Waals surface area contributed by atoms with Crippen LogP contribution in [-0.2, 0) is 5.41 Å². The lowest BCUT2D eigenvalue weighted by Gasteiger charge is -2.28. The van der Waals surface area contributed by atoms with Crippen LogP contribution in [0.3, 0.4) is 0 Å². The van der Waals surface area contributed by atoms with E-state index in [1.807, 2.05) is 60.7 Å². The van der Waals surface area contributed by atoms with Crippen LogP contribution in [0.5, 0.6) is 0 Å². The van der Waals surface area contributed by atoms with Gasteiger partial charge >= 0.3 is 0 Å². The fourth-order valence-electron chi connectivity index (χ4n) is 9.12. The molecule has 0 atom stereocenters. The Balaban J connectivity index is 1.02. The van der Waals surface area contributed by atoms with E-state index < -0.39 is 0 Å². The summed E-state index contributed by atoms with van der Waals surface area (Å²) in [5, 5.41) is 0.934. The number of nitrogens with zero attached hydrogens (tertiary/aromatic N) is 4. The normalized spacial score (nSPS) is 12.8.